The molecule has 1 heterocycles. The maximum absolute atomic E-state index is 3.53. The Labute approximate surface area is 115 Å². The van der Waals surface area contributed by atoms with Gasteiger partial charge in [0.25, 0.3) is 0 Å². The fraction of sp³-hybridized carbons (Fsp3) is 0.733. The fourth-order valence-corrected chi connectivity index (χ4v) is 2.91. The smallest absolute Gasteiger partial charge is 0.0244 e. The molecule has 1 fully saturated rings. The van der Waals surface area contributed by atoms with Gasteiger partial charge >= 0.3 is 0 Å². The van der Waals surface area contributed by atoms with Gasteiger partial charge in [0.2, 0.25) is 0 Å². The number of nitrogens with one attached hydrogen (secondary N) is 1. The largest absolute Gasteiger partial charge is 0.316 e. The van der Waals surface area contributed by atoms with Crippen LogP contribution in [0.1, 0.15) is 38.7 Å². The Bertz CT molecular complexity index is 317. The van der Waals surface area contributed by atoms with E-state index in [-0.39, 0.29) is 0 Å². The molecular formula is C15H26N2S. The lowest BCUT2D eigenvalue weighted by Gasteiger charge is -2.21. The fourth-order valence-electron chi connectivity index (χ4n) is 2.25. The summed E-state index contributed by atoms with van der Waals surface area (Å²) in [6.45, 7) is 9.23. The molecule has 1 aromatic heterocycles. The summed E-state index contributed by atoms with van der Waals surface area (Å²) < 4.78 is 0. The Morgan fingerprint density at radius 2 is 2.28 bits per heavy atom. The van der Waals surface area contributed by atoms with Gasteiger partial charge in [-0.1, -0.05) is 13.8 Å². The van der Waals surface area contributed by atoms with Gasteiger partial charge in [-0.25, -0.2) is 0 Å². The molecule has 0 spiro atoms. The van der Waals surface area contributed by atoms with Gasteiger partial charge in [0.1, 0.15) is 0 Å². The van der Waals surface area contributed by atoms with Crippen molar-refractivity contribution in [2.45, 2.75) is 45.7 Å². The van der Waals surface area contributed by atoms with Crippen molar-refractivity contribution < 1.29 is 0 Å². The van der Waals surface area contributed by atoms with E-state index in [1.807, 2.05) is 11.3 Å². The lowest BCUT2D eigenvalue weighted by atomic mass is 10.2. The van der Waals surface area contributed by atoms with Crippen molar-refractivity contribution in [3.05, 3.63) is 22.4 Å². The molecule has 2 nitrogen and oxygen atoms in total. The van der Waals surface area contributed by atoms with Crippen LogP contribution in [0.2, 0.25) is 0 Å². The molecule has 0 bridgehead atoms. The minimum Gasteiger partial charge on any atom is -0.316 e. The second-order valence-electron chi connectivity index (χ2n) is 5.78. The first-order valence-corrected chi connectivity index (χ1v) is 8.16. The zero-order chi connectivity index (χ0) is 12.8. The standard InChI is InChI=1S/C15H26N2S/c1-13(2)10-16-7-3-8-17(15-4-5-15)11-14-6-9-18-12-14/h6,9,12-13,15-16H,3-5,7-8,10-11H2,1-2H3. The van der Waals surface area contributed by atoms with Crippen LogP contribution >= 0.6 is 11.3 Å². The van der Waals surface area contributed by atoms with Crippen LogP contribution in [0, 0.1) is 5.92 Å². The van der Waals surface area contributed by atoms with Gasteiger partial charge in [0, 0.05) is 12.6 Å². The van der Waals surface area contributed by atoms with Crippen LogP contribution in [0.3, 0.4) is 0 Å². The minimum absolute atomic E-state index is 0.760. The molecule has 0 amide bonds. The van der Waals surface area contributed by atoms with Crippen LogP contribution in [0.4, 0.5) is 0 Å². The van der Waals surface area contributed by atoms with Crippen LogP contribution in [0.5, 0.6) is 0 Å². The van der Waals surface area contributed by atoms with Crippen molar-refractivity contribution in [1.29, 1.82) is 0 Å². The highest BCUT2D eigenvalue weighted by Crippen LogP contribution is 2.28. The van der Waals surface area contributed by atoms with Gasteiger partial charge < -0.3 is 5.32 Å². The molecule has 1 saturated carbocycles. The van der Waals surface area contributed by atoms with Crippen molar-refractivity contribution in [3.8, 4) is 0 Å². The highest BCUT2D eigenvalue weighted by atomic mass is 32.1. The highest BCUT2D eigenvalue weighted by molar-refractivity contribution is 7.07. The van der Waals surface area contributed by atoms with Crippen LogP contribution in [0.15, 0.2) is 16.8 Å². The van der Waals surface area contributed by atoms with Gasteiger partial charge in [0.15, 0.2) is 0 Å². The lowest BCUT2D eigenvalue weighted by Crippen LogP contribution is -2.29. The number of rotatable bonds is 9. The summed E-state index contributed by atoms with van der Waals surface area (Å²) in [4.78, 5) is 2.67. The van der Waals surface area contributed by atoms with Gasteiger partial charge in [-0.2, -0.15) is 11.3 Å². The Kier molecular flexibility index (Phi) is 5.67. The predicted octanol–water partition coefficient (Wildman–Crippen LogP) is 3.35. The van der Waals surface area contributed by atoms with Gasteiger partial charge in [-0.05, 0) is 67.2 Å². The average Bonchev–Trinajstić information content (AvgIpc) is 3.05. The van der Waals surface area contributed by atoms with E-state index in [1.165, 1.54) is 31.4 Å². The van der Waals surface area contributed by atoms with Crippen molar-refractivity contribution in [1.82, 2.24) is 10.2 Å². The van der Waals surface area contributed by atoms with Crippen LogP contribution in [-0.4, -0.2) is 30.6 Å². The maximum Gasteiger partial charge on any atom is 0.0244 e. The molecular weight excluding hydrogens is 240 g/mol. The molecule has 1 aromatic rings. The van der Waals surface area contributed by atoms with Crippen molar-refractivity contribution >= 4 is 11.3 Å². The summed E-state index contributed by atoms with van der Waals surface area (Å²) >= 11 is 1.81. The second kappa shape index (κ2) is 7.27. The molecule has 3 heteroatoms. The molecule has 2 rings (SSSR count). The number of hydrogen-bond donors (Lipinski definition) is 1. The first-order chi connectivity index (χ1) is 8.75. The summed E-state index contributed by atoms with van der Waals surface area (Å²) in [6, 6.07) is 3.13. The zero-order valence-corrected chi connectivity index (χ0v) is 12.5. The SMILES string of the molecule is CC(C)CNCCCN(Cc1ccsc1)C1CC1. The molecule has 1 N–H and O–H groups in total. The molecule has 0 aliphatic heterocycles. The second-order valence-corrected chi connectivity index (χ2v) is 6.56. The van der Waals surface area contributed by atoms with Crippen molar-refractivity contribution in [2.75, 3.05) is 19.6 Å². The summed E-state index contributed by atoms with van der Waals surface area (Å²) in [5, 5.41) is 8.00. The third-order valence-electron chi connectivity index (χ3n) is 3.38. The van der Waals surface area contributed by atoms with E-state index in [2.05, 4.69) is 40.9 Å². The first-order valence-electron chi connectivity index (χ1n) is 7.21. The van der Waals surface area contributed by atoms with Crippen LogP contribution in [-0.2, 0) is 6.54 Å². The summed E-state index contributed by atoms with van der Waals surface area (Å²) in [5.41, 5.74) is 1.49. The molecule has 102 valence electrons. The third-order valence-corrected chi connectivity index (χ3v) is 4.11. The van der Waals surface area contributed by atoms with Gasteiger partial charge in [-0.3, -0.25) is 4.90 Å². The molecule has 18 heavy (non-hydrogen) atoms. The van der Waals surface area contributed by atoms with E-state index < -0.39 is 0 Å². The van der Waals surface area contributed by atoms with Crippen molar-refractivity contribution in [3.63, 3.8) is 0 Å². The summed E-state index contributed by atoms with van der Waals surface area (Å²) in [7, 11) is 0. The molecule has 0 atom stereocenters. The van der Waals surface area contributed by atoms with Gasteiger partial charge in [0.05, 0.1) is 0 Å². The van der Waals surface area contributed by atoms with E-state index in [1.54, 1.807) is 0 Å². The summed E-state index contributed by atoms with van der Waals surface area (Å²) in [6.07, 6.45) is 4.08. The Morgan fingerprint density at radius 3 is 2.89 bits per heavy atom. The number of thiophene rings is 1. The minimum atomic E-state index is 0.760. The molecule has 0 unspecified atom stereocenters. The molecule has 0 saturated heterocycles. The quantitative estimate of drug-likeness (QED) is 0.690. The van der Waals surface area contributed by atoms with E-state index in [0.717, 1.165) is 31.6 Å². The van der Waals surface area contributed by atoms with Crippen LogP contribution < -0.4 is 5.32 Å². The molecule has 1 aliphatic carbocycles. The van der Waals surface area contributed by atoms with E-state index >= 15 is 0 Å². The Balaban J connectivity index is 1.64. The van der Waals surface area contributed by atoms with E-state index in [0.29, 0.717) is 0 Å². The van der Waals surface area contributed by atoms with Crippen molar-refractivity contribution in [2.24, 2.45) is 5.92 Å². The lowest BCUT2D eigenvalue weighted by molar-refractivity contribution is 0.250. The zero-order valence-electron chi connectivity index (χ0n) is 11.7. The molecule has 0 aromatic carbocycles. The van der Waals surface area contributed by atoms with E-state index in [4.69, 9.17) is 0 Å². The molecule has 1 aliphatic rings. The van der Waals surface area contributed by atoms with Gasteiger partial charge in [-0.15, -0.1) is 0 Å². The maximum atomic E-state index is 3.53. The number of nitrogens with zero attached hydrogens (tertiary/aromatic N) is 1. The average molecular weight is 266 g/mol. The monoisotopic (exact) mass is 266 g/mol. The number of hydrogen-bond acceptors (Lipinski definition) is 3. The van der Waals surface area contributed by atoms with E-state index in [9.17, 15) is 0 Å². The third kappa shape index (κ3) is 5.09. The molecule has 0 radical (unpaired) electrons. The first kappa shape index (κ1) is 14.0. The predicted molar refractivity (Wildman–Crippen MR) is 80.1 cm³/mol. The highest BCUT2D eigenvalue weighted by Gasteiger charge is 2.28. The summed E-state index contributed by atoms with van der Waals surface area (Å²) in [5.74, 6) is 0.760. The topological polar surface area (TPSA) is 15.3 Å². The van der Waals surface area contributed by atoms with Crippen LogP contribution in [0.25, 0.3) is 0 Å². The normalized spacial score (nSPS) is 15.8. The Morgan fingerprint density at radius 1 is 1.44 bits per heavy atom. The Hall–Kier alpha value is -0.380.